The van der Waals surface area contributed by atoms with E-state index in [2.05, 4.69) is 21.9 Å². The first kappa shape index (κ1) is 12.9. The first-order chi connectivity index (χ1) is 10.3. The van der Waals surface area contributed by atoms with E-state index in [9.17, 15) is 0 Å². The van der Waals surface area contributed by atoms with Crippen molar-refractivity contribution in [3.05, 3.63) is 30.3 Å². The van der Waals surface area contributed by atoms with Gasteiger partial charge in [-0.3, -0.25) is 4.90 Å². The molecular formula is C17H22N4. The van der Waals surface area contributed by atoms with Gasteiger partial charge in [-0.15, -0.1) is 0 Å². The molecule has 3 heterocycles. The molecule has 2 N–H and O–H groups in total. The Bertz CT molecular complexity index is 654. The highest BCUT2D eigenvalue weighted by Crippen LogP contribution is 2.25. The minimum atomic E-state index is 0.719. The molecule has 4 rings (SSSR count). The van der Waals surface area contributed by atoms with Crippen LogP contribution in [0, 0.1) is 0 Å². The maximum Gasteiger partial charge on any atom is 0.129 e. The van der Waals surface area contributed by atoms with Crippen molar-refractivity contribution >= 4 is 22.4 Å². The Morgan fingerprint density at radius 3 is 2.90 bits per heavy atom. The molecule has 110 valence electrons. The van der Waals surface area contributed by atoms with Gasteiger partial charge >= 0.3 is 0 Å². The van der Waals surface area contributed by atoms with Crippen LogP contribution < -0.4 is 10.6 Å². The molecule has 2 saturated heterocycles. The standard InChI is InChI=1S/C17H22N4/c18-14-5-6-16-13(11-14)4-7-17(19-16)21-10-2-9-20-8-1-3-15(20)12-21/h4-7,11,15H,1-3,8-10,12,18H2. The lowest BCUT2D eigenvalue weighted by Gasteiger charge is -2.26. The SMILES string of the molecule is Nc1ccc2nc(N3CCCN4CCCC4C3)ccc2c1. The highest BCUT2D eigenvalue weighted by Gasteiger charge is 2.29. The lowest BCUT2D eigenvalue weighted by Crippen LogP contribution is -2.36. The molecule has 2 aliphatic rings. The first-order valence-corrected chi connectivity index (χ1v) is 7.95. The van der Waals surface area contributed by atoms with Crippen LogP contribution in [0.2, 0.25) is 0 Å². The van der Waals surface area contributed by atoms with Gasteiger partial charge in [-0.1, -0.05) is 0 Å². The maximum atomic E-state index is 5.84. The summed E-state index contributed by atoms with van der Waals surface area (Å²) in [5.41, 5.74) is 7.68. The second-order valence-corrected chi connectivity index (χ2v) is 6.25. The second kappa shape index (κ2) is 5.19. The molecule has 0 radical (unpaired) electrons. The van der Waals surface area contributed by atoms with E-state index in [1.165, 1.54) is 32.4 Å². The smallest absolute Gasteiger partial charge is 0.129 e. The molecular weight excluding hydrogens is 260 g/mol. The molecule has 1 aromatic carbocycles. The summed E-state index contributed by atoms with van der Waals surface area (Å²) in [7, 11) is 0. The maximum absolute atomic E-state index is 5.84. The van der Waals surface area contributed by atoms with Crippen molar-refractivity contribution < 1.29 is 0 Å². The van der Waals surface area contributed by atoms with Gasteiger partial charge in [-0.2, -0.15) is 0 Å². The van der Waals surface area contributed by atoms with Gasteiger partial charge in [0.2, 0.25) is 0 Å². The molecule has 1 atom stereocenters. The van der Waals surface area contributed by atoms with E-state index in [4.69, 9.17) is 10.7 Å². The zero-order valence-electron chi connectivity index (χ0n) is 12.3. The Kier molecular flexibility index (Phi) is 3.19. The Hall–Kier alpha value is -1.81. The Morgan fingerprint density at radius 2 is 1.95 bits per heavy atom. The van der Waals surface area contributed by atoms with E-state index in [1.54, 1.807) is 0 Å². The molecule has 0 spiro atoms. The van der Waals surface area contributed by atoms with Gasteiger partial charge in [0.1, 0.15) is 5.82 Å². The van der Waals surface area contributed by atoms with E-state index < -0.39 is 0 Å². The summed E-state index contributed by atoms with van der Waals surface area (Å²) < 4.78 is 0. The normalized spacial score (nSPS) is 23.2. The van der Waals surface area contributed by atoms with Crippen molar-refractivity contribution in [1.29, 1.82) is 0 Å². The number of benzene rings is 1. The van der Waals surface area contributed by atoms with Crippen LogP contribution in [0.25, 0.3) is 10.9 Å². The summed E-state index contributed by atoms with van der Waals surface area (Å²) in [4.78, 5) is 9.97. The largest absolute Gasteiger partial charge is 0.399 e. The van der Waals surface area contributed by atoms with Crippen LogP contribution >= 0.6 is 0 Å². The number of nitrogens with two attached hydrogens (primary N) is 1. The third-order valence-corrected chi connectivity index (χ3v) is 4.83. The molecule has 1 unspecified atom stereocenters. The summed E-state index contributed by atoms with van der Waals surface area (Å²) in [6.45, 7) is 4.75. The molecule has 2 fully saturated rings. The van der Waals surface area contributed by atoms with Gasteiger partial charge in [0.05, 0.1) is 5.52 Å². The third kappa shape index (κ3) is 2.44. The second-order valence-electron chi connectivity index (χ2n) is 6.25. The van der Waals surface area contributed by atoms with E-state index in [0.717, 1.165) is 41.5 Å². The van der Waals surface area contributed by atoms with Gasteiger partial charge in [-0.25, -0.2) is 4.98 Å². The zero-order valence-corrected chi connectivity index (χ0v) is 12.3. The fraction of sp³-hybridized carbons (Fsp3) is 0.471. The van der Waals surface area contributed by atoms with E-state index >= 15 is 0 Å². The van der Waals surface area contributed by atoms with Crippen LogP contribution in [0.5, 0.6) is 0 Å². The predicted molar refractivity (Wildman–Crippen MR) is 87.6 cm³/mol. The molecule has 0 aliphatic carbocycles. The molecule has 21 heavy (non-hydrogen) atoms. The third-order valence-electron chi connectivity index (χ3n) is 4.83. The molecule has 2 aromatic rings. The van der Waals surface area contributed by atoms with E-state index in [-0.39, 0.29) is 0 Å². The van der Waals surface area contributed by atoms with Crippen LogP contribution in [0.4, 0.5) is 11.5 Å². The summed E-state index contributed by atoms with van der Waals surface area (Å²) >= 11 is 0. The number of fused-ring (bicyclic) bond motifs is 2. The van der Waals surface area contributed by atoms with Crippen LogP contribution in [-0.4, -0.2) is 42.1 Å². The molecule has 2 aliphatic heterocycles. The molecule has 4 nitrogen and oxygen atoms in total. The van der Waals surface area contributed by atoms with Crippen molar-refractivity contribution in [2.75, 3.05) is 36.8 Å². The lowest BCUT2D eigenvalue weighted by atomic mass is 10.2. The summed E-state index contributed by atoms with van der Waals surface area (Å²) in [5.74, 6) is 1.11. The van der Waals surface area contributed by atoms with Crippen molar-refractivity contribution in [3.8, 4) is 0 Å². The Morgan fingerprint density at radius 1 is 1.05 bits per heavy atom. The Balaban J connectivity index is 1.64. The average Bonchev–Trinajstić information content (AvgIpc) is 2.84. The van der Waals surface area contributed by atoms with Crippen molar-refractivity contribution in [2.24, 2.45) is 0 Å². The number of hydrogen-bond donors (Lipinski definition) is 1. The quantitative estimate of drug-likeness (QED) is 0.816. The lowest BCUT2D eigenvalue weighted by molar-refractivity contribution is 0.273. The molecule has 0 amide bonds. The van der Waals surface area contributed by atoms with Crippen LogP contribution in [0.15, 0.2) is 30.3 Å². The topological polar surface area (TPSA) is 45.4 Å². The van der Waals surface area contributed by atoms with Gasteiger partial charge in [-0.05, 0) is 56.1 Å². The highest BCUT2D eigenvalue weighted by atomic mass is 15.3. The number of anilines is 2. The number of pyridine rings is 1. The molecule has 0 bridgehead atoms. The first-order valence-electron chi connectivity index (χ1n) is 7.95. The van der Waals surface area contributed by atoms with E-state index in [0.29, 0.717) is 0 Å². The molecule has 1 aromatic heterocycles. The average molecular weight is 282 g/mol. The fourth-order valence-corrected chi connectivity index (χ4v) is 3.72. The van der Waals surface area contributed by atoms with E-state index in [1.807, 2.05) is 18.2 Å². The van der Waals surface area contributed by atoms with Gasteiger partial charge in [0, 0.05) is 36.7 Å². The zero-order chi connectivity index (χ0) is 14.2. The van der Waals surface area contributed by atoms with Crippen LogP contribution in [0.3, 0.4) is 0 Å². The summed E-state index contributed by atoms with van der Waals surface area (Å²) in [6.07, 6.45) is 3.92. The Labute approximate surface area is 125 Å². The van der Waals surface area contributed by atoms with Gasteiger partial charge in [0.25, 0.3) is 0 Å². The number of hydrogen-bond acceptors (Lipinski definition) is 4. The highest BCUT2D eigenvalue weighted by molar-refractivity contribution is 5.83. The molecule has 0 saturated carbocycles. The monoisotopic (exact) mass is 282 g/mol. The van der Waals surface area contributed by atoms with Crippen LogP contribution in [0.1, 0.15) is 19.3 Å². The van der Waals surface area contributed by atoms with Crippen molar-refractivity contribution in [1.82, 2.24) is 9.88 Å². The van der Waals surface area contributed by atoms with Crippen molar-refractivity contribution in [3.63, 3.8) is 0 Å². The minimum absolute atomic E-state index is 0.719. The number of rotatable bonds is 1. The minimum Gasteiger partial charge on any atom is -0.399 e. The van der Waals surface area contributed by atoms with Crippen molar-refractivity contribution in [2.45, 2.75) is 25.3 Å². The summed E-state index contributed by atoms with van der Waals surface area (Å²) in [5, 5.41) is 1.12. The van der Waals surface area contributed by atoms with Gasteiger partial charge < -0.3 is 10.6 Å². The number of nitrogens with zero attached hydrogens (tertiary/aromatic N) is 3. The van der Waals surface area contributed by atoms with Gasteiger partial charge in [0.15, 0.2) is 0 Å². The fourth-order valence-electron chi connectivity index (χ4n) is 3.72. The number of aromatic nitrogens is 1. The summed E-state index contributed by atoms with van der Waals surface area (Å²) in [6, 6.07) is 11.0. The molecule has 4 heteroatoms. The predicted octanol–water partition coefficient (Wildman–Crippen LogP) is 2.49. The number of nitrogen functional groups attached to an aromatic ring is 1. The van der Waals surface area contributed by atoms with Crippen LogP contribution in [-0.2, 0) is 0 Å².